The summed E-state index contributed by atoms with van der Waals surface area (Å²) in [5.41, 5.74) is 0.729. The minimum Gasteiger partial charge on any atom is -0.483 e. The van der Waals surface area contributed by atoms with Gasteiger partial charge in [0.2, 0.25) is 0 Å². The van der Waals surface area contributed by atoms with Gasteiger partial charge >= 0.3 is 0 Å². The van der Waals surface area contributed by atoms with E-state index in [1.165, 1.54) is 0 Å². The number of carbonyl (C=O) groups excluding carboxylic acids is 1. The van der Waals surface area contributed by atoms with Crippen LogP contribution in [0.1, 0.15) is 12.5 Å². The van der Waals surface area contributed by atoms with Crippen molar-refractivity contribution in [2.75, 3.05) is 0 Å². The maximum atomic E-state index is 12.2. The first kappa shape index (κ1) is 16.2. The molecule has 0 amide bonds. The summed E-state index contributed by atoms with van der Waals surface area (Å²) >= 11 is 17.8. The molecule has 2 aromatic carbocycles. The highest BCUT2D eigenvalue weighted by atomic mass is 35.5. The largest absolute Gasteiger partial charge is 0.483 e. The van der Waals surface area contributed by atoms with E-state index in [1.807, 2.05) is 0 Å². The van der Waals surface area contributed by atoms with Crippen LogP contribution in [0.2, 0.25) is 15.1 Å². The van der Waals surface area contributed by atoms with Crippen LogP contribution in [0.15, 0.2) is 42.5 Å². The third kappa shape index (κ3) is 4.63. The second-order valence-electron chi connectivity index (χ2n) is 4.60. The van der Waals surface area contributed by atoms with E-state index < -0.39 is 6.10 Å². The molecule has 0 radical (unpaired) electrons. The molecule has 1 unspecified atom stereocenters. The highest BCUT2D eigenvalue weighted by Crippen LogP contribution is 2.23. The molecule has 1 atom stereocenters. The lowest BCUT2D eigenvalue weighted by Crippen LogP contribution is -2.25. The van der Waals surface area contributed by atoms with Crippen molar-refractivity contribution >= 4 is 40.6 Å². The molecule has 0 aliphatic rings. The van der Waals surface area contributed by atoms with Crippen LogP contribution in [0.3, 0.4) is 0 Å². The number of carbonyl (C=O) groups is 1. The Morgan fingerprint density at radius 2 is 1.81 bits per heavy atom. The zero-order valence-electron chi connectivity index (χ0n) is 11.3. The van der Waals surface area contributed by atoms with Crippen molar-refractivity contribution in [1.29, 1.82) is 0 Å². The zero-order chi connectivity index (χ0) is 15.4. The monoisotopic (exact) mass is 342 g/mol. The molecule has 2 aromatic rings. The van der Waals surface area contributed by atoms with Gasteiger partial charge in [-0.2, -0.15) is 0 Å². The van der Waals surface area contributed by atoms with Gasteiger partial charge in [-0.1, -0.05) is 46.9 Å². The number of ether oxygens (including phenoxy) is 1. The second-order valence-corrected chi connectivity index (χ2v) is 5.88. The molecule has 0 bridgehead atoms. The summed E-state index contributed by atoms with van der Waals surface area (Å²) in [5, 5.41) is 1.58. The molecular weight excluding hydrogens is 331 g/mol. The summed E-state index contributed by atoms with van der Waals surface area (Å²) < 4.78 is 5.59. The fourth-order valence-electron chi connectivity index (χ4n) is 1.81. The van der Waals surface area contributed by atoms with Gasteiger partial charge in [-0.05, 0) is 42.8 Å². The summed E-state index contributed by atoms with van der Waals surface area (Å²) in [4.78, 5) is 12.2. The van der Waals surface area contributed by atoms with Gasteiger partial charge in [0, 0.05) is 21.5 Å². The standard InChI is InChI=1S/C16H13Cl3O2/c1-10(21-14-4-2-3-12(17)8-14)16(20)7-11-5-6-13(18)9-15(11)19/h2-6,8-10H,7H2,1H3. The zero-order valence-corrected chi connectivity index (χ0v) is 13.5. The number of benzene rings is 2. The van der Waals surface area contributed by atoms with Gasteiger partial charge in [0.1, 0.15) is 5.75 Å². The Labute approximate surface area is 138 Å². The minimum absolute atomic E-state index is 0.0702. The maximum Gasteiger partial charge on any atom is 0.177 e. The maximum absolute atomic E-state index is 12.2. The molecule has 0 aliphatic heterocycles. The lowest BCUT2D eigenvalue weighted by atomic mass is 10.1. The van der Waals surface area contributed by atoms with Gasteiger partial charge in [-0.15, -0.1) is 0 Å². The number of Topliss-reactive ketones (excluding diaryl/α,β-unsaturated/α-hetero) is 1. The van der Waals surface area contributed by atoms with E-state index in [4.69, 9.17) is 39.5 Å². The fraction of sp³-hybridized carbons (Fsp3) is 0.188. The Kier molecular flexibility index (Phi) is 5.51. The number of hydrogen-bond donors (Lipinski definition) is 0. The third-order valence-corrected chi connectivity index (χ3v) is 3.76. The highest BCUT2D eigenvalue weighted by molar-refractivity contribution is 6.35. The Morgan fingerprint density at radius 3 is 2.48 bits per heavy atom. The Bertz CT molecular complexity index is 656. The van der Waals surface area contributed by atoms with Crippen molar-refractivity contribution in [2.45, 2.75) is 19.4 Å². The first-order chi connectivity index (χ1) is 9.95. The summed E-state index contributed by atoms with van der Waals surface area (Å²) in [6.45, 7) is 1.70. The average Bonchev–Trinajstić information content (AvgIpc) is 2.41. The lowest BCUT2D eigenvalue weighted by molar-refractivity contribution is -0.124. The minimum atomic E-state index is -0.588. The van der Waals surface area contributed by atoms with Crippen molar-refractivity contribution in [1.82, 2.24) is 0 Å². The van der Waals surface area contributed by atoms with Crippen LogP contribution in [0.4, 0.5) is 0 Å². The molecule has 2 rings (SSSR count). The Morgan fingerprint density at radius 1 is 1.10 bits per heavy atom. The van der Waals surface area contributed by atoms with Crippen molar-refractivity contribution in [3.63, 3.8) is 0 Å². The van der Waals surface area contributed by atoms with Crippen LogP contribution < -0.4 is 4.74 Å². The van der Waals surface area contributed by atoms with Crippen molar-refractivity contribution < 1.29 is 9.53 Å². The molecule has 0 aliphatic carbocycles. The Hall–Kier alpha value is -1.22. The molecule has 0 N–H and O–H groups in total. The SMILES string of the molecule is CC(Oc1cccc(Cl)c1)C(=O)Cc1ccc(Cl)cc1Cl. The van der Waals surface area contributed by atoms with Gasteiger partial charge in [-0.25, -0.2) is 0 Å². The van der Waals surface area contributed by atoms with Gasteiger partial charge in [0.15, 0.2) is 11.9 Å². The van der Waals surface area contributed by atoms with E-state index in [-0.39, 0.29) is 12.2 Å². The van der Waals surface area contributed by atoms with Gasteiger partial charge in [0.25, 0.3) is 0 Å². The third-order valence-electron chi connectivity index (χ3n) is 2.94. The predicted octanol–water partition coefficient (Wildman–Crippen LogP) is 5.23. The topological polar surface area (TPSA) is 26.3 Å². The van der Waals surface area contributed by atoms with Crippen LogP contribution >= 0.6 is 34.8 Å². The molecule has 110 valence electrons. The molecule has 0 saturated heterocycles. The lowest BCUT2D eigenvalue weighted by Gasteiger charge is -2.14. The first-order valence-electron chi connectivity index (χ1n) is 6.34. The van der Waals surface area contributed by atoms with Crippen LogP contribution in [0.5, 0.6) is 5.75 Å². The average molecular weight is 344 g/mol. The number of halogens is 3. The molecule has 5 heteroatoms. The molecule has 0 aromatic heterocycles. The van der Waals surface area contributed by atoms with E-state index in [2.05, 4.69) is 0 Å². The van der Waals surface area contributed by atoms with Crippen molar-refractivity contribution in [3.8, 4) is 5.75 Å². The summed E-state index contributed by atoms with van der Waals surface area (Å²) in [7, 11) is 0. The normalized spacial score (nSPS) is 12.0. The van der Waals surface area contributed by atoms with E-state index in [0.717, 1.165) is 5.56 Å². The van der Waals surface area contributed by atoms with Crippen molar-refractivity contribution in [2.24, 2.45) is 0 Å². The molecule has 0 fully saturated rings. The summed E-state index contributed by atoms with van der Waals surface area (Å²) in [6, 6.07) is 12.0. The molecule has 0 heterocycles. The smallest absolute Gasteiger partial charge is 0.177 e. The van der Waals surface area contributed by atoms with Crippen LogP contribution in [0, 0.1) is 0 Å². The van der Waals surface area contributed by atoms with Crippen LogP contribution in [-0.2, 0) is 11.2 Å². The van der Waals surface area contributed by atoms with Crippen molar-refractivity contribution in [3.05, 3.63) is 63.1 Å². The number of rotatable bonds is 5. The van der Waals surface area contributed by atoms with E-state index in [9.17, 15) is 4.79 Å². The van der Waals surface area contributed by atoms with Gasteiger partial charge < -0.3 is 4.74 Å². The quantitative estimate of drug-likeness (QED) is 0.743. The fourth-order valence-corrected chi connectivity index (χ4v) is 2.46. The number of ketones is 1. The first-order valence-corrected chi connectivity index (χ1v) is 7.48. The highest BCUT2D eigenvalue weighted by Gasteiger charge is 2.17. The molecule has 0 spiro atoms. The van der Waals surface area contributed by atoms with E-state index in [0.29, 0.717) is 20.8 Å². The van der Waals surface area contributed by atoms with E-state index in [1.54, 1.807) is 49.4 Å². The van der Waals surface area contributed by atoms with Crippen LogP contribution in [0.25, 0.3) is 0 Å². The molecule has 2 nitrogen and oxygen atoms in total. The molecule has 0 saturated carbocycles. The predicted molar refractivity (Wildman–Crippen MR) is 86.7 cm³/mol. The molecule has 21 heavy (non-hydrogen) atoms. The Balaban J connectivity index is 2.02. The molecular formula is C16H13Cl3O2. The second kappa shape index (κ2) is 7.17. The summed E-state index contributed by atoms with van der Waals surface area (Å²) in [6.07, 6.45) is -0.396. The van der Waals surface area contributed by atoms with Gasteiger partial charge in [0.05, 0.1) is 0 Å². The summed E-state index contributed by atoms with van der Waals surface area (Å²) in [5.74, 6) is 0.491. The van der Waals surface area contributed by atoms with E-state index >= 15 is 0 Å². The number of hydrogen-bond acceptors (Lipinski definition) is 2. The van der Waals surface area contributed by atoms with Gasteiger partial charge in [-0.3, -0.25) is 4.79 Å². The van der Waals surface area contributed by atoms with Crippen LogP contribution in [-0.4, -0.2) is 11.9 Å².